The van der Waals surface area contributed by atoms with Crippen molar-refractivity contribution < 1.29 is 13.2 Å². The van der Waals surface area contributed by atoms with Crippen LogP contribution in [-0.2, 0) is 5.41 Å². The Morgan fingerprint density at radius 2 is 1.15 bits per heavy atom. The lowest BCUT2D eigenvalue weighted by Crippen LogP contribution is -2.43. The Bertz CT molecular complexity index is 1340. The van der Waals surface area contributed by atoms with E-state index in [-0.39, 0.29) is 6.42 Å². The lowest BCUT2D eigenvalue weighted by Gasteiger charge is -2.37. The molecule has 0 radical (unpaired) electrons. The summed E-state index contributed by atoms with van der Waals surface area (Å²) >= 11 is 3.40. The highest BCUT2D eigenvalue weighted by Gasteiger charge is 2.56. The van der Waals surface area contributed by atoms with Crippen LogP contribution in [0.2, 0.25) is 0 Å². The lowest BCUT2D eigenvalue weighted by molar-refractivity contribution is -0.180. The molecule has 0 N–H and O–H groups in total. The largest absolute Gasteiger partial charge is 0.402 e. The maximum Gasteiger partial charge on any atom is 0.402 e. The zero-order valence-corrected chi connectivity index (χ0v) is 24.4. The van der Waals surface area contributed by atoms with Gasteiger partial charge in [-0.3, -0.25) is 0 Å². The molecule has 1 unspecified atom stereocenters. The fourth-order valence-electron chi connectivity index (χ4n) is 5.31. The molecule has 204 valence electrons. The molecule has 4 rings (SSSR count). The standard InChI is InChI=1S/C35H36BrF3/c1-25(2)27-12-14-28(15-13-27)30-8-7-9-31(24-30)29-16-20-33(21-17-29)34(35(37,38)39,22-5-4-6-23-36)32-18-10-26(3)11-19-32/h7-21,24-25H,4-6,22-23H2,1-3H3. The Morgan fingerprint density at radius 1 is 0.641 bits per heavy atom. The van der Waals surface area contributed by atoms with Gasteiger partial charge >= 0.3 is 6.18 Å². The molecule has 0 aliphatic rings. The highest BCUT2D eigenvalue weighted by atomic mass is 79.9. The lowest BCUT2D eigenvalue weighted by atomic mass is 9.70. The Labute approximate surface area is 239 Å². The van der Waals surface area contributed by atoms with E-state index >= 15 is 13.2 Å². The Hall–Kier alpha value is -2.85. The summed E-state index contributed by atoms with van der Waals surface area (Å²) in [6.07, 6.45) is -2.30. The van der Waals surface area contributed by atoms with Gasteiger partial charge in [-0.15, -0.1) is 0 Å². The van der Waals surface area contributed by atoms with Crippen LogP contribution in [0.5, 0.6) is 0 Å². The van der Waals surface area contributed by atoms with Crippen molar-refractivity contribution in [3.8, 4) is 22.3 Å². The summed E-state index contributed by atoms with van der Waals surface area (Å²) in [6.45, 7) is 6.25. The number of hydrogen-bond donors (Lipinski definition) is 0. The van der Waals surface area contributed by atoms with E-state index in [1.54, 1.807) is 36.4 Å². The summed E-state index contributed by atoms with van der Waals surface area (Å²) in [7, 11) is 0. The molecule has 0 saturated heterocycles. The van der Waals surface area contributed by atoms with Gasteiger partial charge in [0.25, 0.3) is 0 Å². The second kappa shape index (κ2) is 12.6. The van der Waals surface area contributed by atoms with Crippen molar-refractivity contribution in [3.05, 3.63) is 119 Å². The number of benzene rings is 4. The van der Waals surface area contributed by atoms with Crippen LogP contribution in [0, 0.1) is 6.92 Å². The predicted molar refractivity (Wildman–Crippen MR) is 162 cm³/mol. The molecular formula is C35H36BrF3. The highest BCUT2D eigenvalue weighted by molar-refractivity contribution is 9.09. The van der Waals surface area contributed by atoms with E-state index < -0.39 is 11.6 Å². The van der Waals surface area contributed by atoms with E-state index in [0.717, 1.165) is 46.0 Å². The number of rotatable bonds is 10. The predicted octanol–water partition coefficient (Wildman–Crippen LogP) is 11.3. The third-order valence-electron chi connectivity index (χ3n) is 7.70. The van der Waals surface area contributed by atoms with Crippen molar-refractivity contribution in [2.75, 3.05) is 5.33 Å². The monoisotopic (exact) mass is 592 g/mol. The summed E-state index contributed by atoms with van der Waals surface area (Å²) in [5.41, 5.74) is 4.88. The topological polar surface area (TPSA) is 0 Å². The number of halogens is 4. The average Bonchev–Trinajstić information content (AvgIpc) is 2.93. The van der Waals surface area contributed by atoms with Crippen molar-refractivity contribution >= 4 is 15.9 Å². The summed E-state index contributed by atoms with van der Waals surface area (Å²) in [5.74, 6) is 0.469. The smallest absolute Gasteiger partial charge is 0.170 e. The maximum atomic E-state index is 15.1. The summed E-state index contributed by atoms with van der Waals surface area (Å²) in [5, 5.41) is 0.798. The molecule has 39 heavy (non-hydrogen) atoms. The van der Waals surface area contributed by atoms with Gasteiger partial charge in [0.1, 0.15) is 5.41 Å². The van der Waals surface area contributed by atoms with Crippen LogP contribution < -0.4 is 0 Å². The molecule has 0 fully saturated rings. The molecule has 0 aliphatic carbocycles. The number of hydrogen-bond acceptors (Lipinski definition) is 0. The first-order valence-corrected chi connectivity index (χ1v) is 14.8. The molecule has 0 amide bonds. The van der Waals surface area contributed by atoms with Crippen LogP contribution in [-0.4, -0.2) is 11.5 Å². The summed E-state index contributed by atoms with van der Waals surface area (Å²) < 4.78 is 45.3. The molecule has 0 heterocycles. The average molecular weight is 594 g/mol. The van der Waals surface area contributed by atoms with Gasteiger partial charge in [-0.1, -0.05) is 139 Å². The van der Waals surface area contributed by atoms with Gasteiger partial charge in [0.15, 0.2) is 0 Å². The van der Waals surface area contributed by atoms with Gasteiger partial charge in [-0.2, -0.15) is 13.2 Å². The normalized spacial score (nSPS) is 13.4. The molecule has 4 heteroatoms. The Kier molecular flexibility index (Phi) is 9.38. The number of alkyl halides is 4. The van der Waals surface area contributed by atoms with Crippen molar-refractivity contribution in [2.45, 2.75) is 64.0 Å². The molecule has 0 bridgehead atoms. The third-order valence-corrected chi connectivity index (χ3v) is 8.26. The fraction of sp³-hybridized carbons (Fsp3) is 0.314. The summed E-state index contributed by atoms with van der Waals surface area (Å²) in [4.78, 5) is 0. The first-order chi connectivity index (χ1) is 18.7. The SMILES string of the molecule is Cc1ccc(C(CCCCCBr)(c2ccc(-c3cccc(-c4ccc(C(C)C)cc4)c3)cc2)C(F)(F)F)cc1. The van der Waals surface area contributed by atoms with Crippen molar-refractivity contribution in [2.24, 2.45) is 0 Å². The van der Waals surface area contributed by atoms with Crippen LogP contribution in [0.25, 0.3) is 22.3 Å². The number of aryl methyl sites for hydroxylation is 1. The van der Waals surface area contributed by atoms with E-state index in [2.05, 4.69) is 66.2 Å². The maximum absolute atomic E-state index is 15.1. The summed E-state index contributed by atoms with van der Waals surface area (Å²) in [6, 6.07) is 30.7. The molecular weight excluding hydrogens is 557 g/mol. The molecule has 1 atom stereocenters. The quantitative estimate of drug-likeness (QED) is 0.127. The Balaban J connectivity index is 1.71. The second-order valence-corrected chi connectivity index (χ2v) is 11.5. The molecule has 4 aromatic rings. The molecule has 0 aromatic heterocycles. The molecule has 0 spiro atoms. The van der Waals surface area contributed by atoms with E-state index in [4.69, 9.17) is 0 Å². The molecule has 0 nitrogen and oxygen atoms in total. The minimum Gasteiger partial charge on any atom is -0.170 e. The van der Waals surface area contributed by atoms with Gasteiger partial charge in [0.2, 0.25) is 0 Å². The van der Waals surface area contributed by atoms with Crippen molar-refractivity contribution in [3.63, 3.8) is 0 Å². The van der Waals surface area contributed by atoms with Crippen molar-refractivity contribution in [1.29, 1.82) is 0 Å². The zero-order valence-electron chi connectivity index (χ0n) is 22.9. The third kappa shape index (κ3) is 6.49. The fourth-order valence-corrected chi connectivity index (χ4v) is 5.71. The van der Waals surface area contributed by atoms with Crippen LogP contribution in [0.1, 0.15) is 67.7 Å². The minimum atomic E-state index is -4.43. The van der Waals surface area contributed by atoms with Crippen LogP contribution >= 0.6 is 15.9 Å². The van der Waals surface area contributed by atoms with Crippen LogP contribution in [0.3, 0.4) is 0 Å². The van der Waals surface area contributed by atoms with Gasteiger partial charge in [0, 0.05) is 5.33 Å². The molecule has 0 saturated carbocycles. The van der Waals surface area contributed by atoms with Crippen LogP contribution in [0.4, 0.5) is 13.2 Å². The van der Waals surface area contributed by atoms with Gasteiger partial charge in [-0.25, -0.2) is 0 Å². The minimum absolute atomic E-state index is 0.0216. The van der Waals surface area contributed by atoms with Crippen LogP contribution in [0.15, 0.2) is 97.1 Å². The molecule has 4 aromatic carbocycles. The van der Waals surface area contributed by atoms with E-state index in [9.17, 15) is 0 Å². The van der Waals surface area contributed by atoms with E-state index in [1.165, 1.54) is 5.56 Å². The first-order valence-electron chi connectivity index (χ1n) is 13.7. The Morgan fingerprint density at radius 3 is 1.64 bits per heavy atom. The first kappa shape index (κ1) is 29.1. The number of unbranched alkanes of at least 4 members (excludes halogenated alkanes) is 2. The zero-order chi connectivity index (χ0) is 28.0. The van der Waals surface area contributed by atoms with E-state index in [0.29, 0.717) is 23.5 Å². The van der Waals surface area contributed by atoms with Gasteiger partial charge in [-0.05, 0) is 70.7 Å². The van der Waals surface area contributed by atoms with Gasteiger partial charge in [0.05, 0.1) is 0 Å². The van der Waals surface area contributed by atoms with Crippen molar-refractivity contribution in [1.82, 2.24) is 0 Å². The van der Waals surface area contributed by atoms with E-state index in [1.807, 2.05) is 31.2 Å². The highest BCUT2D eigenvalue weighted by Crippen LogP contribution is 2.50. The molecule has 0 aliphatic heterocycles. The van der Waals surface area contributed by atoms with Gasteiger partial charge < -0.3 is 0 Å². The second-order valence-electron chi connectivity index (χ2n) is 10.7.